The van der Waals surface area contributed by atoms with Crippen molar-refractivity contribution in [1.82, 2.24) is 0 Å². The first-order valence-corrected chi connectivity index (χ1v) is 7.13. The monoisotopic (exact) mass is 349 g/mol. The smallest absolute Gasteiger partial charge is 0.255 e. The van der Waals surface area contributed by atoms with Gasteiger partial charge in [-0.1, -0.05) is 15.9 Å². The van der Waals surface area contributed by atoms with Gasteiger partial charge < -0.3 is 14.8 Å². The first kappa shape index (κ1) is 15.4. The molecule has 2 aromatic carbocycles. The normalized spacial score (nSPS) is 10.1. The maximum Gasteiger partial charge on any atom is 0.255 e. The molecule has 2 aromatic rings. The molecule has 0 bridgehead atoms. The van der Waals surface area contributed by atoms with Gasteiger partial charge in [-0.3, -0.25) is 4.79 Å². The Labute approximate surface area is 132 Å². The van der Waals surface area contributed by atoms with Crippen LogP contribution in [0.1, 0.15) is 15.9 Å². The second-order valence-corrected chi connectivity index (χ2v) is 5.43. The number of hydrogen-bond acceptors (Lipinski definition) is 3. The van der Waals surface area contributed by atoms with Gasteiger partial charge in [0.1, 0.15) is 11.5 Å². The van der Waals surface area contributed by atoms with E-state index in [1.165, 1.54) is 0 Å². The van der Waals surface area contributed by atoms with Crippen LogP contribution in [0.4, 0.5) is 5.69 Å². The molecule has 5 heteroatoms. The lowest BCUT2D eigenvalue weighted by Gasteiger charge is -2.11. The summed E-state index contributed by atoms with van der Waals surface area (Å²) in [6, 6.07) is 10.8. The van der Waals surface area contributed by atoms with E-state index in [1.54, 1.807) is 32.4 Å². The molecule has 1 amide bonds. The third-order valence-electron chi connectivity index (χ3n) is 3.05. The Balaban J connectivity index is 2.27. The number of halogens is 1. The van der Waals surface area contributed by atoms with Crippen LogP contribution in [0.3, 0.4) is 0 Å². The number of methoxy groups -OCH3 is 2. The van der Waals surface area contributed by atoms with Crippen LogP contribution in [-0.4, -0.2) is 20.1 Å². The first-order chi connectivity index (χ1) is 10.0. The Morgan fingerprint density at radius 1 is 1.05 bits per heavy atom. The number of nitrogens with one attached hydrogen (secondary N) is 1. The molecule has 1 N–H and O–H groups in total. The van der Waals surface area contributed by atoms with Crippen molar-refractivity contribution in [2.75, 3.05) is 19.5 Å². The highest BCUT2D eigenvalue weighted by atomic mass is 79.9. The number of carbonyl (C=O) groups is 1. The predicted octanol–water partition coefficient (Wildman–Crippen LogP) is 4.03. The molecular formula is C16H16BrNO3. The minimum absolute atomic E-state index is 0.211. The van der Waals surface area contributed by atoms with Gasteiger partial charge in [-0.2, -0.15) is 0 Å². The number of hydrogen-bond donors (Lipinski definition) is 1. The average molecular weight is 350 g/mol. The molecule has 0 aliphatic rings. The van der Waals surface area contributed by atoms with Crippen LogP contribution in [0.5, 0.6) is 11.5 Å². The molecule has 0 aromatic heterocycles. The zero-order chi connectivity index (χ0) is 15.4. The highest BCUT2D eigenvalue weighted by molar-refractivity contribution is 9.10. The Morgan fingerprint density at radius 2 is 1.67 bits per heavy atom. The van der Waals surface area contributed by atoms with E-state index in [9.17, 15) is 4.79 Å². The zero-order valence-electron chi connectivity index (χ0n) is 12.1. The SMILES string of the molecule is COc1cc(OC)cc(C(=O)Nc2ccc(Br)cc2C)c1. The molecule has 0 fully saturated rings. The molecule has 2 rings (SSSR count). The first-order valence-electron chi connectivity index (χ1n) is 6.34. The standard InChI is InChI=1S/C16H16BrNO3/c1-10-6-12(17)4-5-15(10)18-16(19)11-7-13(20-2)9-14(8-11)21-3/h4-9H,1-3H3,(H,18,19). The minimum atomic E-state index is -0.211. The lowest BCUT2D eigenvalue weighted by molar-refractivity contribution is 0.102. The van der Waals surface area contributed by atoms with E-state index in [1.807, 2.05) is 25.1 Å². The van der Waals surface area contributed by atoms with Crippen LogP contribution >= 0.6 is 15.9 Å². The summed E-state index contributed by atoms with van der Waals surface area (Å²) in [4.78, 5) is 12.4. The number of aryl methyl sites for hydroxylation is 1. The van der Waals surface area contributed by atoms with E-state index < -0.39 is 0 Å². The average Bonchev–Trinajstić information content (AvgIpc) is 2.49. The van der Waals surface area contributed by atoms with Crippen LogP contribution in [0.15, 0.2) is 40.9 Å². The molecule has 0 heterocycles. The van der Waals surface area contributed by atoms with Gasteiger partial charge in [0.05, 0.1) is 14.2 Å². The van der Waals surface area contributed by atoms with Crippen molar-refractivity contribution in [3.8, 4) is 11.5 Å². The third kappa shape index (κ3) is 3.76. The Kier molecular flexibility index (Phi) is 4.85. The van der Waals surface area contributed by atoms with Crippen LogP contribution < -0.4 is 14.8 Å². The van der Waals surface area contributed by atoms with E-state index in [0.717, 1.165) is 15.7 Å². The van der Waals surface area contributed by atoms with Crippen molar-refractivity contribution in [2.45, 2.75) is 6.92 Å². The molecule has 4 nitrogen and oxygen atoms in total. The molecule has 0 saturated carbocycles. The highest BCUT2D eigenvalue weighted by Gasteiger charge is 2.11. The van der Waals surface area contributed by atoms with Gasteiger partial charge in [-0.25, -0.2) is 0 Å². The van der Waals surface area contributed by atoms with E-state index >= 15 is 0 Å². The molecule has 21 heavy (non-hydrogen) atoms. The van der Waals surface area contributed by atoms with Gasteiger partial charge in [0.15, 0.2) is 0 Å². The Hall–Kier alpha value is -2.01. The van der Waals surface area contributed by atoms with Crippen molar-refractivity contribution in [2.24, 2.45) is 0 Å². The van der Waals surface area contributed by atoms with Crippen LogP contribution in [-0.2, 0) is 0 Å². The highest BCUT2D eigenvalue weighted by Crippen LogP contribution is 2.24. The molecule has 0 unspecified atom stereocenters. The van der Waals surface area contributed by atoms with Crippen LogP contribution in [0.25, 0.3) is 0 Å². The quantitative estimate of drug-likeness (QED) is 0.906. The molecule has 0 saturated heterocycles. The molecule has 0 radical (unpaired) electrons. The van der Waals surface area contributed by atoms with Gasteiger partial charge in [0.25, 0.3) is 5.91 Å². The Morgan fingerprint density at radius 3 is 2.19 bits per heavy atom. The lowest BCUT2D eigenvalue weighted by atomic mass is 10.1. The second kappa shape index (κ2) is 6.63. The lowest BCUT2D eigenvalue weighted by Crippen LogP contribution is -2.13. The third-order valence-corrected chi connectivity index (χ3v) is 3.54. The fourth-order valence-electron chi connectivity index (χ4n) is 1.90. The molecule has 0 aliphatic carbocycles. The van der Waals surface area contributed by atoms with Crippen LogP contribution in [0, 0.1) is 6.92 Å². The summed E-state index contributed by atoms with van der Waals surface area (Å²) in [7, 11) is 3.10. The summed E-state index contributed by atoms with van der Waals surface area (Å²) in [5.74, 6) is 0.941. The fourth-order valence-corrected chi connectivity index (χ4v) is 2.38. The van der Waals surface area contributed by atoms with Gasteiger partial charge in [0, 0.05) is 21.8 Å². The number of ether oxygens (including phenoxy) is 2. The van der Waals surface area contributed by atoms with Crippen LogP contribution in [0.2, 0.25) is 0 Å². The van der Waals surface area contributed by atoms with Crippen molar-refractivity contribution >= 4 is 27.5 Å². The summed E-state index contributed by atoms with van der Waals surface area (Å²) in [6.07, 6.45) is 0. The van der Waals surface area contributed by atoms with E-state index in [-0.39, 0.29) is 5.91 Å². The molecule has 0 aliphatic heterocycles. The van der Waals surface area contributed by atoms with E-state index in [0.29, 0.717) is 17.1 Å². The maximum absolute atomic E-state index is 12.4. The summed E-state index contributed by atoms with van der Waals surface area (Å²) in [5.41, 5.74) is 2.23. The van der Waals surface area contributed by atoms with Gasteiger partial charge in [-0.15, -0.1) is 0 Å². The topological polar surface area (TPSA) is 47.6 Å². The predicted molar refractivity (Wildman–Crippen MR) is 86.4 cm³/mol. The Bertz CT molecular complexity index is 648. The van der Waals surface area contributed by atoms with Crippen molar-refractivity contribution < 1.29 is 14.3 Å². The second-order valence-electron chi connectivity index (χ2n) is 4.51. The number of benzene rings is 2. The number of carbonyl (C=O) groups excluding carboxylic acids is 1. The summed E-state index contributed by atoms with van der Waals surface area (Å²) >= 11 is 3.40. The largest absolute Gasteiger partial charge is 0.497 e. The number of amides is 1. The molecule has 0 atom stereocenters. The van der Waals surface area contributed by atoms with Gasteiger partial charge in [-0.05, 0) is 42.8 Å². The summed E-state index contributed by atoms with van der Waals surface area (Å²) in [6.45, 7) is 1.94. The van der Waals surface area contributed by atoms with Crippen molar-refractivity contribution in [3.63, 3.8) is 0 Å². The summed E-state index contributed by atoms with van der Waals surface area (Å²) in [5, 5.41) is 2.89. The van der Waals surface area contributed by atoms with Gasteiger partial charge in [0.2, 0.25) is 0 Å². The minimum Gasteiger partial charge on any atom is -0.497 e. The fraction of sp³-hybridized carbons (Fsp3) is 0.188. The number of rotatable bonds is 4. The van der Waals surface area contributed by atoms with Gasteiger partial charge >= 0.3 is 0 Å². The maximum atomic E-state index is 12.4. The molecule has 0 spiro atoms. The van der Waals surface area contributed by atoms with Crippen molar-refractivity contribution in [1.29, 1.82) is 0 Å². The van der Waals surface area contributed by atoms with Crippen molar-refractivity contribution in [3.05, 3.63) is 52.0 Å². The molecule has 110 valence electrons. The summed E-state index contributed by atoms with van der Waals surface area (Å²) < 4.78 is 11.3. The van der Waals surface area contributed by atoms with E-state index in [4.69, 9.17) is 9.47 Å². The zero-order valence-corrected chi connectivity index (χ0v) is 13.7. The van der Waals surface area contributed by atoms with E-state index in [2.05, 4.69) is 21.2 Å². The molecular weight excluding hydrogens is 334 g/mol. The number of anilines is 1.